The Balaban J connectivity index is 1.28. The summed E-state index contributed by atoms with van der Waals surface area (Å²) in [5.74, 6) is 2.33. The van der Waals surface area contributed by atoms with E-state index in [1.807, 2.05) is 37.3 Å². The van der Waals surface area contributed by atoms with Gasteiger partial charge in [0.25, 0.3) is 5.91 Å². The summed E-state index contributed by atoms with van der Waals surface area (Å²) in [6.45, 7) is 5.62. The van der Waals surface area contributed by atoms with Crippen LogP contribution in [0.4, 0.5) is 0 Å². The molecule has 6 heteroatoms. The number of ether oxygens (including phenoxy) is 2. The number of nitrogens with one attached hydrogen (secondary N) is 1. The van der Waals surface area contributed by atoms with E-state index >= 15 is 0 Å². The fraction of sp³-hybridized carbons (Fsp3) is 0.400. The lowest BCUT2D eigenvalue weighted by Gasteiger charge is -2.32. The van der Waals surface area contributed by atoms with Gasteiger partial charge in [0.15, 0.2) is 5.76 Å². The van der Waals surface area contributed by atoms with E-state index in [2.05, 4.69) is 22.3 Å². The summed E-state index contributed by atoms with van der Waals surface area (Å²) in [6, 6.07) is 13.9. The van der Waals surface area contributed by atoms with E-state index in [4.69, 9.17) is 13.9 Å². The quantitative estimate of drug-likeness (QED) is 0.611. The van der Waals surface area contributed by atoms with Crippen molar-refractivity contribution in [1.29, 1.82) is 0 Å². The van der Waals surface area contributed by atoms with E-state index in [0.717, 1.165) is 54.9 Å². The summed E-state index contributed by atoms with van der Waals surface area (Å²) in [5.41, 5.74) is 2.84. The molecule has 0 aliphatic carbocycles. The van der Waals surface area contributed by atoms with Gasteiger partial charge in [-0.3, -0.25) is 9.69 Å². The number of nitrogens with zero attached hydrogens (tertiary/aromatic N) is 1. The Morgan fingerprint density at radius 1 is 1.06 bits per heavy atom. The number of piperidine rings is 1. The molecule has 6 nitrogen and oxygen atoms in total. The van der Waals surface area contributed by atoms with Gasteiger partial charge in [-0.25, -0.2) is 0 Å². The third-order valence-corrected chi connectivity index (χ3v) is 6.18. The second-order valence-electron chi connectivity index (χ2n) is 8.20. The number of likely N-dealkylation sites (tertiary alicyclic amines) is 1. The Hall–Kier alpha value is -2.99. The fourth-order valence-corrected chi connectivity index (χ4v) is 4.20. The fourth-order valence-electron chi connectivity index (χ4n) is 4.20. The molecule has 3 aromatic rings. The van der Waals surface area contributed by atoms with Crippen LogP contribution in [0.5, 0.6) is 11.5 Å². The molecule has 0 atom stereocenters. The molecule has 2 heterocycles. The van der Waals surface area contributed by atoms with E-state index in [9.17, 15) is 4.79 Å². The normalized spacial score (nSPS) is 15.2. The molecule has 0 saturated carbocycles. The molecule has 4 rings (SSSR count). The molecule has 31 heavy (non-hydrogen) atoms. The summed E-state index contributed by atoms with van der Waals surface area (Å²) in [5, 5.41) is 4.02. The van der Waals surface area contributed by atoms with Crippen molar-refractivity contribution in [3.05, 3.63) is 59.4 Å². The number of amides is 1. The lowest BCUT2D eigenvalue weighted by Crippen LogP contribution is -2.38. The van der Waals surface area contributed by atoms with Crippen LogP contribution in [-0.2, 0) is 6.54 Å². The van der Waals surface area contributed by atoms with Gasteiger partial charge in [0.1, 0.15) is 17.1 Å². The van der Waals surface area contributed by atoms with Crippen LogP contribution in [0.15, 0.2) is 46.9 Å². The average molecular weight is 423 g/mol. The van der Waals surface area contributed by atoms with Gasteiger partial charge in [-0.2, -0.15) is 0 Å². The van der Waals surface area contributed by atoms with Crippen LogP contribution in [0.2, 0.25) is 0 Å². The van der Waals surface area contributed by atoms with Gasteiger partial charge in [0, 0.05) is 30.1 Å². The summed E-state index contributed by atoms with van der Waals surface area (Å²) >= 11 is 0. The smallest absolute Gasteiger partial charge is 0.287 e. The van der Waals surface area contributed by atoms with Gasteiger partial charge in [0.05, 0.1) is 14.2 Å². The number of fused-ring (bicyclic) bond motifs is 1. The third-order valence-electron chi connectivity index (χ3n) is 6.18. The number of methoxy groups -OCH3 is 2. The SMILES string of the molecule is COc1ccc(CN2CCC(CNC(=O)c3oc4cc(OC)ccc4c3C)CC2)cc1. The van der Waals surface area contributed by atoms with Crippen LogP contribution in [-0.4, -0.2) is 44.7 Å². The molecule has 0 radical (unpaired) electrons. The molecule has 1 aromatic heterocycles. The van der Waals surface area contributed by atoms with Gasteiger partial charge < -0.3 is 19.2 Å². The van der Waals surface area contributed by atoms with Gasteiger partial charge in [0.2, 0.25) is 0 Å². The molecular formula is C25H30N2O4. The van der Waals surface area contributed by atoms with E-state index in [-0.39, 0.29) is 5.91 Å². The lowest BCUT2D eigenvalue weighted by atomic mass is 9.96. The second kappa shape index (κ2) is 9.43. The minimum absolute atomic E-state index is 0.145. The maximum absolute atomic E-state index is 12.7. The zero-order valence-electron chi connectivity index (χ0n) is 18.4. The first-order chi connectivity index (χ1) is 15.1. The number of furan rings is 1. The first kappa shape index (κ1) is 21.2. The summed E-state index contributed by atoms with van der Waals surface area (Å²) in [7, 11) is 3.30. The van der Waals surface area contributed by atoms with Crippen LogP contribution >= 0.6 is 0 Å². The van der Waals surface area contributed by atoms with Gasteiger partial charge in [-0.05, 0) is 68.6 Å². The number of hydrogen-bond acceptors (Lipinski definition) is 5. The predicted molar refractivity (Wildman–Crippen MR) is 121 cm³/mol. The first-order valence-electron chi connectivity index (χ1n) is 10.8. The Bertz CT molecular complexity index is 1030. The number of benzene rings is 2. The van der Waals surface area contributed by atoms with Crippen molar-refractivity contribution in [2.24, 2.45) is 5.92 Å². The van der Waals surface area contributed by atoms with Crippen molar-refractivity contribution in [1.82, 2.24) is 10.2 Å². The molecule has 2 aromatic carbocycles. The second-order valence-corrected chi connectivity index (χ2v) is 8.20. The Morgan fingerprint density at radius 2 is 1.74 bits per heavy atom. The molecule has 1 aliphatic rings. The largest absolute Gasteiger partial charge is 0.497 e. The molecule has 1 amide bonds. The van der Waals surface area contributed by atoms with Crippen molar-refractivity contribution >= 4 is 16.9 Å². The zero-order chi connectivity index (χ0) is 21.8. The van der Waals surface area contributed by atoms with Crippen molar-refractivity contribution < 1.29 is 18.7 Å². The molecular weight excluding hydrogens is 392 g/mol. The molecule has 1 aliphatic heterocycles. The maximum atomic E-state index is 12.7. The Labute approximate surface area is 183 Å². The molecule has 164 valence electrons. The standard InChI is InChI=1S/C25H30N2O4/c1-17-22-9-8-21(30-3)14-23(22)31-24(17)25(28)26-15-18-10-12-27(13-11-18)16-19-4-6-20(29-2)7-5-19/h4-9,14,18H,10-13,15-16H2,1-3H3,(H,26,28). The van der Waals surface area contributed by atoms with Crippen LogP contribution in [0.1, 0.15) is 34.5 Å². The number of carbonyl (C=O) groups is 1. The number of hydrogen-bond donors (Lipinski definition) is 1. The van der Waals surface area contributed by atoms with Crippen molar-refractivity contribution in [2.45, 2.75) is 26.3 Å². The van der Waals surface area contributed by atoms with E-state index in [1.54, 1.807) is 14.2 Å². The highest BCUT2D eigenvalue weighted by molar-refractivity contribution is 5.99. The van der Waals surface area contributed by atoms with Gasteiger partial charge >= 0.3 is 0 Å². The highest BCUT2D eigenvalue weighted by Gasteiger charge is 2.22. The monoisotopic (exact) mass is 422 g/mol. The molecule has 1 fully saturated rings. The summed E-state index contributed by atoms with van der Waals surface area (Å²) in [6.07, 6.45) is 2.15. The summed E-state index contributed by atoms with van der Waals surface area (Å²) < 4.78 is 16.3. The lowest BCUT2D eigenvalue weighted by molar-refractivity contribution is 0.0909. The zero-order valence-corrected chi connectivity index (χ0v) is 18.4. The van der Waals surface area contributed by atoms with Crippen LogP contribution in [0.25, 0.3) is 11.0 Å². The molecule has 0 unspecified atom stereocenters. The van der Waals surface area contributed by atoms with E-state index in [1.165, 1.54) is 5.56 Å². The maximum Gasteiger partial charge on any atom is 0.287 e. The van der Waals surface area contributed by atoms with Gasteiger partial charge in [-0.1, -0.05) is 12.1 Å². The number of carbonyl (C=O) groups excluding carboxylic acids is 1. The topological polar surface area (TPSA) is 63.9 Å². The molecule has 1 N–H and O–H groups in total. The summed E-state index contributed by atoms with van der Waals surface area (Å²) in [4.78, 5) is 15.2. The first-order valence-corrected chi connectivity index (χ1v) is 10.8. The minimum atomic E-state index is -0.145. The average Bonchev–Trinajstić information content (AvgIpc) is 3.14. The van der Waals surface area contributed by atoms with Crippen LogP contribution in [0, 0.1) is 12.8 Å². The minimum Gasteiger partial charge on any atom is -0.497 e. The number of rotatable bonds is 7. The molecule has 1 saturated heterocycles. The Kier molecular flexibility index (Phi) is 6.47. The Morgan fingerprint density at radius 3 is 2.42 bits per heavy atom. The van der Waals surface area contributed by atoms with E-state index < -0.39 is 0 Å². The highest BCUT2D eigenvalue weighted by Crippen LogP contribution is 2.28. The van der Waals surface area contributed by atoms with E-state index in [0.29, 0.717) is 23.8 Å². The van der Waals surface area contributed by atoms with Crippen molar-refractivity contribution in [2.75, 3.05) is 33.9 Å². The van der Waals surface area contributed by atoms with Crippen molar-refractivity contribution in [3.63, 3.8) is 0 Å². The number of aryl methyl sites for hydroxylation is 1. The molecule has 0 spiro atoms. The predicted octanol–water partition coefficient (Wildman–Crippen LogP) is 4.40. The van der Waals surface area contributed by atoms with Crippen molar-refractivity contribution in [3.8, 4) is 11.5 Å². The van der Waals surface area contributed by atoms with Gasteiger partial charge in [-0.15, -0.1) is 0 Å². The molecule has 0 bridgehead atoms. The third kappa shape index (κ3) is 4.85. The highest BCUT2D eigenvalue weighted by atomic mass is 16.5. The van der Waals surface area contributed by atoms with Crippen LogP contribution < -0.4 is 14.8 Å². The van der Waals surface area contributed by atoms with Crippen LogP contribution in [0.3, 0.4) is 0 Å².